The Morgan fingerprint density at radius 1 is 0.882 bits per heavy atom. The van der Waals surface area contributed by atoms with Gasteiger partial charge in [0.05, 0.1) is 88.2 Å². The van der Waals surface area contributed by atoms with E-state index in [1.165, 1.54) is 23.1 Å². The molecule has 4 aliphatic heterocycles. The average molecular weight is 1200 g/mol. The molecule has 0 radical (unpaired) electrons. The van der Waals surface area contributed by atoms with Gasteiger partial charge in [-0.05, 0) is 104 Å². The van der Waals surface area contributed by atoms with Gasteiger partial charge < -0.3 is 49.2 Å². The van der Waals surface area contributed by atoms with Crippen molar-refractivity contribution in [3.8, 4) is 28.7 Å². The SMILES string of the molecule is COc1ccc(C2=N[C@@H](c3ccc(Cl)cc3)[C@@H](c3ccc(Cl)cc3)N2C(=O)N2CCN(CCOCCOCCC(=O)N(C)CCn3nc4c(c3C#N)-c3cnc(N)c(c3)N3CCC[C@@H]3c3cc(F)ccc3C(=O)N(C)C4)C(=O)C2)c(OC(C)C)c1. The maximum Gasteiger partial charge on any atom is 0.326 e. The molecule has 444 valence electrons. The van der Waals surface area contributed by atoms with E-state index in [0.29, 0.717) is 86.1 Å². The van der Waals surface area contributed by atoms with Crippen LogP contribution in [0.25, 0.3) is 11.1 Å². The van der Waals surface area contributed by atoms with E-state index in [1.54, 1.807) is 88.1 Å². The van der Waals surface area contributed by atoms with Gasteiger partial charge in [-0.2, -0.15) is 10.4 Å². The molecule has 0 saturated carbocycles. The molecule has 5 amide bonds. The van der Waals surface area contributed by atoms with Gasteiger partial charge in [0.15, 0.2) is 0 Å². The number of hydrogen-bond acceptors (Lipinski definition) is 14. The van der Waals surface area contributed by atoms with Gasteiger partial charge in [-0.1, -0.05) is 47.5 Å². The molecule has 85 heavy (non-hydrogen) atoms. The Bertz CT molecular complexity index is 3540. The minimum absolute atomic E-state index is 0.0364. The number of nitrogens with two attached hydrogens (primary N) is 1. The highest BCUT2D eigenvalue weighted by Crippen LogP contribution is 2.47. The molecule has 2 N–H and O–H groups in total. The van der Waals surface area contributed by atoms with Crippen molar-refractivity contribution in [2.24, 2.45) is 4.99 Å². The summed E-state index contributed by atoms with van der Waals surface area (Å²) >= 11 is 12.7. The maximum absolute atomic E-state index is 15.1. The highest BCUT2D eigenvalue weighted by Gasteiger charge is 2.46. The highest BCUT2D eigenvalue weighted by atomic mass is 35.5. The summed E-state index contributed by atoms with van der Waals surface area (Å²) in [5.41, 5.74) is 12.0. The van der Waals surface area contributed by atoms with Gasteiger partial charge in [-0.25, -0.2) is 14.2 Å². The number of anilines is 2. The van der Waals surface area contributed by atoms with E-state index >= 15 is 4.79 Å². The summed E-state index contributed by atoms with van der Waals surface area (Å²) in [7, 11) is 4.89. The van der Waals surface area contributed by atoms with E-state index in [1.807, 2.05) is 50.2 Å². The first kappa shape index (κ1) is 59.9. The number of ether oxygens (including phenoxy) is 4. The summed E-state index contributed by atoms with van der Waals surface area (Å²) in [6, 6.07) is 26.6. The molecule has 2 saturated heterocycles. The van der Waals surface area contributed by atoms with Crippen LogP contribution in [0.2, 0.25) is 10.0 Å². The third-order valence-electron chi connectivity index (χ3n) is 15.7. The number of pyridine rings is 1. The van der Waals surface area contributed by atoms with Crippen molar-refractivity contribution in [1.82, 2.24) is 39.3 Å². The predicted octanol–water partition coefficient (Wildman–Crippen LogP) is 8.96. The number of hydrogen-bond donors (Lipinski definition) is 1. The molecule has 10 rings (SSSR count). The van der Waals surface area contributed by atoms with Crippen molar-refractivity contribution in [2.75, 3.05) is 97.5 Å². The summed E-state index contributed by atoms with van der Waals surface area (Å²) in [6.07, 6.45) is 2.93. The average Bonchev–Trinajstić information content (AvgIpc) is 3.26. The number of amidine groups is 1. The van der Waals surface area contributed by atoms with E-state index in [9.17, 15) is 24.0 Å². The van der Waals surface area contributed by atoms with Gasteiger partial charge in [0.2, 0.25) is 11.8 Å². The number of aliphatic imine (C=N–C) groups is 1. The van der Waals surface area contributed by atoms with E-state index < -0.39 is 23.9 Å². The van der Waals surface area contributed by atoms with Crippen LogP contribution in [0.4, 0.5) is 20.7 Å². The van der Waals surface area contributed by atoms with Crippen LogP contribution in [0, 0.1) is 17.1 Å². The molecule has 20 nitrogen and oxygen atoms in total. The lowest BCUT2D eigenvalue weighted by atomic mass is 9.93. The number of benzene rings is 4. The quantitative estimate of drug-likeness (QED) is 0.0796. The number of rotatable bonds is 18. The zero-order valence-electron chi connectivity index (χ0n) is 48.1. The third kappa shape index (κ3) is 13.0. The van der Waals surface area contributed by atoms with Gasteiger partial charge in [0.25, 0.3) is 5.91 Å². The van der Waals surface area contributed by atoms with Gasteiger partial charge in [-0.15, -0.1) is 0 Å². The molecule has 0 unspecified atom stereocenters. The number of carbonyl (C=O) groups excluding carboxylic acids is 4. The highest BCUT2D eigenvalue weighted by molar-refractivity contribution is 6.30. The molecule has 2 aromatic heterocycles. The topological polar surface area (TPSA) is 218 Å². The molecule has 4 aliphatic rings. The summed E-state index contributed by atoms with van der Waals surface area (Å²) in [6.45, 7) is 6.30. The molecule has 2 fully saturated rings. The molecule has 6 aromatic rings. The Morgan fingerprint density at radius 2 is 1.60 bits per heavy atom. The Morgan fingerprint density at radius 3 is 2.31 bits per heavy atom. The van der Waals surface area contributed by atoms with Crippen LogP contribution in [0.3, 0.4) is 0 Å². The molecule has 6 heterocycles. The van der Waals surface area contributed by atoms with Gasteiger partial charge in [0.1, 0.15) is 53.3 Å². The largest absolute Gasteiger partial charge is 0.497 e. The van der Waals surface area contributed by atoms with Crippen molar-refractivity contribution in [2.45, 2.75) is 70.4 Å². The number of piperazine rings is 1. The molecule has 0 aliphatic carbocycles. The first-order chi connectivity index (χ1) is 41.0. The molecule has 3 atom stereocenters. The fraction of sp³-hybridized carbons (Fsp3) is 0.387. The number of amides is 5. The number of nitrogen functional groups attached to an aromatic ring is 1. The van der Waals surface area contributed by atoms with E-state index in [4.69, 9.17) is 58.0 Å². The van der Waals surface area contributed by atoms with Crippen LogP contribution in [0.5, 0.6) is 11.5 Å². The predicted molar refractivity (Wildman–Crippen MR) is 319 cm³/mol. The summed E-state index contributed by atoms with van der Waals surface area (Å²) < 4.78 is 39.9. The van der Waals surface area contributed by atoms with Crippen molar-refractivity contribution >= 4 is 64.3 Å². The molecular weight excluding hydrogens is 1130 g/mol. The normalized spacial score (nSPS) is 17.7. The maximum atomic E-state index is 15.1. The Hall–Kier alpha value is -8.29. The van der Waals surface area contributed by atoms with Gasteiger partial charge >= 0.3 is 6.03 Å². The number of urea groups is 1. The van der Waals surface area contributed by atoms with Crippen LogP contribution in [-0.2, 0) is 32.2 Å². The first-order valence-corrected chi connectivity index (χ1v) is 29.0. The number of likely N-dealkylation sites (N-methyl/N-ethyl adjacent to an activating group) is 1. The zero-order chi connectivity index (χ0) is 60.1. The van der Waals surface area contributed by atoms with Crippen molar-refractivity contribution in [3.63, 3.8) is 0 Å². The lowest BCUT2D eigenvalue weighted by Crippen LogP contribution is -2.56. The number of carbonyl (C=O) groups is 4. The first-order valence-electron chi connectivity index (χ1n) is 28.3. The number of halogens is 3. The van der Waals surface area contributed by atoms with Gasteiger partial charge in [-0.3, -0.25) is 29.0 Å². The number of aromatic nitrogens is 3. The van der Waals surface area contributed by atoms with Crippen molar-refractivity contribution in [1.29, 1.82) is 5.26 Å². The molecule has 2 bridgehead atoms. The Labute approximate surface area is 503 Å². The zero-order valence-corrected chi connectivity index (χ0v) is 49.6. The number of methoxy groups -OCH3 is 1. The van der Waals surface area contributed by atoms with Gasteiger partial charge in [0, 0.05) is 85.8 Å². The van der Waals surface area contributed by atoms with Crippen LogP contribution in [0.15, 0.2) is 102 Å². The molecule has 4 aromatic carbocycles. The van der Waals surface area contributed by atoms with Crippen LogP contribution < -0.4 is 20.1 Å². The molecule has 23 heteroatoms. The number of nitriles is 1. The minimum Gasteiger partial charge on any atom is -0.497 e. The van der Waals surface area contributed by atoms with Crippen LogP contribution in [0.1, 0.15) is 95.2 Å². The molecule has 0 spiro atoms. The number of fused-ring (bicyclic) bond motifs is 8. The second-order valence-corrected chi connectivity index (χ2v) is 22.5. The Kier molecular flexibility index (Phi) is 18.5. The van der Waals surface area contributed by atoms with Crippen LogP contribution in [-0.4, -0.2) is 162 Å². The van der Waals surface area contributed by atoms with E-state index in [0.717, 1.165) is 17.5 Å². The lowest BCUT2D eigenvalue weighted by Gasteiger charge is -2.38. The summed E-state index contributed by atoms with van der Waals surface area (Å²) in [5.74, 6) is 0.511. The lowest BCUT2D eigenvalue weighted by molar-refractivity contribution is -0.135. The Balaban J connectivity index is 0.721. The minimum atomic E-state index is -0.641. The standard InChI is InChI=1S/C62H67Cl2FN12O8/c1-38(2)85-53-33-45(82-5)17-19-47(53)60-69-57(39-8-12-42(63)13-9-39)58(40-10-14-43(64)15-11-40)77(60)62(81)74-24-23-73(55(79)37-74)26-28-84-30-29-83-27-20-54(78)71(3)22-25-76-52(34-66)56-41-31-51(59(67)68-35-41)75-21-6-7-50(75)48-32-44(65)16-18-46(48)61(80)72(4)36-49(56)70-76/h8-19,31-33,35,38,50,57-58H,6-7,20-30,36-37H2,1-5H3,(H2,67,68)/t50-,57+,58-/m1/s1. The molecular formula is C62H67Cl2FN12O8. The van der Waals surface area contributed by atoms with Crippen molar-refractivity contribution < 1.29 is 42.5 Å². The van der Waals surface area contributed by atoms with Crippen LogP contribution >= 0.6 is 23.2 Å². The number of nitrogens with zero attached hydrogens (tertiary/aromatic N) is 11. The van der Waals surface area contributed by atoms with Crippen molar-refractivity contribution in [3.05, 3.63) is 152 Å². The third-order valence-corrected chi connectivity index (χ3v) is 16.2. The smallest absolute Gasteiger partial charge is 0.326 e. The second kappa shape index (κ2) is 26.3. The van der Waals surface area contributed by atoms with E-state index in [-0.39, 0.29) is 113 Å². The summed E-state index contributed by atoms with van der Waals surface area (Å²) in [4.78, 5) is 76.2. The second-order valence-electron chi connectivity index (χ2n) is 21.6. The monoisotopic (exact) mass is 1200 g/mol. The van der Waals surface area contributed by atoms with E-state index in [2.05, 4.69) is 16.0 Å². The summed E-state index contributed by atoms with van der Waals surface area (Å²) in [5, 5.41) is 16.5. The fourth-order valence-corrected chi connectivity index (χ4v) is 11.7. The fourth-order valence-electron chi connectivity index (χ4n) is 11.4.